The Morgan fingerprint density at radius 3 is 1.29 bits per heavy atom. The summed E-state index contributed by atoms with van der Waals surface area (Å²) in [5, 5.41) is 4.99. The Labute approximate surface area is 225 Å². The smallest absolute Gasteiger partial charge is 0.329 e. The Bertz CT molecular complexity index is 944. The van der Waals surface area contributed by atoms with E-state index in [4.69, 9.17) is 9.47 Å². The van der Waals surface area contributed by atoms with E-state index in [0.717, 1.165) is 24.0 Å². The maximum atomic E-state index is 12.9. The zero-order valence-corrected chi connectivity index (χ0v) is 22.8. The molecule has 2 unspecified atom stereocenters. The van der Waals surface area contributed by atoms with E-state index in [-0.39, 0.29) is 37.9 Å². The molecule has 0 aliphatic carbocycles. The zero-order valence-electron chi connectivity index (χ0n) is 22.8. The minimum absolute atomic E-state index is 0.156. The van der Waals surface area contributed by atoms with Gasteiger partial charge in [0, 0.05) is 12.8 Å². The van der Waals surface area contributed by atoms with Crippen LogP contribution < -0.4 is 10.6 Å². The van der Waals surface area contributed by atoms with Crippen molar-refractivity contribution in [2.24, 2.45) is 11.8 Å². The molecule has 2 amide bonds. The van der Waals surface area contributed by atoms with Gasteiger partial charge in [0.25, 0.3) is 0 Å². The molecule has 0 heterocycles. The number of rotatable bonds is 14. The summed E-state index contributed by atoms with van der Waals surface area (Å²) in [4.78, 5) is 51.4. The second kappa shape index (κ2) is 16.2. The lowest BCUT2D eigenvalue weighted by Gasteiger charge is -2.21. The number of carbonyl (C=O) groups is 4. The third-order valence-corrected chi connectivity index (χ3v) is 6.37. The van der Waals surface area contributed by atoms with Gasteiger partial charge in [0.05, 0.1) is 13.2 Å². The van der Waals surface area contributed by atoms with Gasteiger partial charge in [-0.1, -0.05) is 101 Å². The average molecular weight is 525 g/mol. The van der Waals surface area contributed by atoms with Crippen molar-refractivity contribution in [2.45, 2.75) is 65.5 Å². The summed E-state index contributed by atoms with van der Waals surface area (Å²) >= 11 is 0. The van der Waals surface area contributed by atoms with Gasteiger partial charge < -0.3 is 20.1 Å². The van der Waals surface area contributed by atoms with Crippen LogP contribution in [0.3, 0.4) is 0 Å². The maximum absolute atomic E-state index is 12.9. The Morgan fingerprint density at radius 2 is 0.974 bits per heavy atom. The predicted octanol–water partition coefficient (Wildman–Crippen LogP) is 3.62. The van der Waals surface area contributed by atoms with E-state index in [0.29, 0.717) is 0 Å². The van der Waals surface area contributed by atoms with Crippen molar-refractivity contribution in [3.05, 3.63) is 71.8 Å². The van der Waals surface area contributed by atoms with Gasteiger partial charge in [-0.05, 0) is 23.0 Å². The van der Waals surface area contributed by atoms with Crippen LogP contribution >= 0.6 is 0 Å². The van der Waals surface area contributed by atoms with E-state index in [1.807, 2.05) is 88.4 Å². The highest BCUT2D eigenvalue weighted by Gasteiger charge is 2.30. The van der Waals surface area contributed by atoms with Crippen LogP contribution in [0.5, 0.6) is 0 Å². The minimum Gasteiger partial charge on any atom is -0.464 e. The number of esters is 2. The molecule has 0 aliphatic heterocycles. The van der Waals surface area contributed by atoms with Gasteiger partial charge in [0.15, 0.2) is 0 Å². The molecule has 38 heavy (non-hydrogen) atoms. The number of amides is 2. The molecule has 0 radical (unpaired) electrons. The molecule has 0 saturated heterocycles. The van der Waals surface area contributed by atoms with Gasteiger partial charge in [0.1, 0.15) is 12.1 Å². The molecule has 0 aromatic heterocycles. The molecule has 4 atom stereocenters. The second-order valence-corrected chi connectivity index (χ2v) is 9.72. The van der Waals surface area contributed by atoms with Gasteiger partial charge in [0.2, 0.25) is 0 Å². The number of benzene rings is 2. The molecule has 8 heteroatoms. The van der Waals surface area contributed by atoms with Crippen LogP contribution in [0.2, 0.25) is 0 Å². The summed E-state index contributed by atoms with van der Waals surface area (Å²) in [7, 11) is 0. The lowest BCUT2D eigenvalue weighted by molar-refractivity contribution is -0.152. The quantitative estimate of drug-likeness (QED) is 0.289. The van der Waals surface area contributed by atoms with Crippen LogP contribution in [0, 0.1) is 11.8 Å². The van der Waals surface area contributed by atoms with Crippen LogP contribution in [0.25, 0.3) is 0 Å². The molecule has 0 saturated carbocycles. The number of ether oxygens (including phenoxy) is 2. The Hall–Kier alpha value is -3.68. The Kier molecular flexibility index (Phi) is 13.0. The van der Waals surface area contributed by atoms with Crippen molar-refractivity contribution in [2.75, 3.05) is 13.2 Å². The van der Waals surface area contributed by atoms with Gasteiger partial charge in [-0.15, -0.1) is 0 Å². The summed E-state index contributed by atoms with van der Waals surface area (Å²) in [6.45, 7) is 8.32. The van der Waals surface area contributed by atoms with E-state index in [9.17, 15) is 19.2 Å². The van der Waals surface area contributed by atoms with Crippen molar-refractivity contribution in [1.29, 1.82) is 0 Å². The monoisotopic (exact) mass is 524 g/mol. The van der Waals surface area contributed by atoms with Crippen molar-refractivity contribution in [3.8, 4) is 0 Å². The standard InChI is InChI=1S/C30H40N2O6/c1-5-21(3)19-37-29(35)25(17-23-13-9-7-10-14-23)31-27(33)28(34)32-26(18-24-15-11-8-12-16-24)30(36)38-20-22(4)6-2/h7-16,21-22,25-26H,5-6,17-20H2,1-4H3,(H,31,33)(H,32,34)/t21-,22-,25?,26?/m0/s1. The largest absolute Gasteiger partial charge is 0.464 e. The summed E-state index contributed by atoms with van der Waals surface area (Å²) in [5.41, 5.74) is 1.60. The molecule has 0 bridgehead atoms. The van der Waals surface area contributed by atoms with Crippen LogP contribution in [-0.2, 0) is 41.5 Å². The van der Waals surface area contributed by atoms with Crippen molar-refractivity contribution < 1.29 is 28.7 Å². The van der Waals surface area contributed by atoms with E-state index in [1.165, 1.54) is 0 Å². The summed E-state index contributed by atoms with van der Waals surface area (Å²) in [6.07, 6.45) is 1.98. The highest BCUT2D eigenvalue weighted by Crippen LogP contribution is 2.09. The Balaban J connectivity index is 2.12. The summed E-state index contributed by atoms with van der Waals surface area (Å²) in [5.74, 6) is -2.97. The fourth-order valence-electron chi connectivity index (χ4n) is 3.42. The van der Waals surface area contributed by atoms with Crippen LogP contribution in [0.4, 0.5) is 0 Å². The van der Waals surface area contributed by atoms with Crippen LogP contribution in [0.15, 0.2) is 60.7 Å². The normalized spacial score (nSPS) is 13.9. The highest BCUT2D eigenvalue weighted by molar-refractivity contribution is 6.35. The molecule has 206 valence electrons. The van der Waals surface area contributed by atoms with Gasteiger partial charge >= 0.3 is 23.8 Å². The molecule has 2 N–H and O–H groups in total. The number of hydrogen-bond acceptors (Lipinski definition) is 6. The molecule has 2 rings (SSSR count). The minimum atomic E-state index is -1.07. The summed E-state index contributed by atoms with van der Waals surface area (Å²) < 4.78 is 10.8. The molecule has 0 aliphatic rings. The fraction of sp³-hybridized carbons (Fsp3) is 0.467. The van der Waals surface area contributed by atoms with Crippen LogP contribution in [0.1, 0.15) is 51.7 Å². The lowest BCUT2D eigenvalue weighted by Crippen LogP contribution is -2.53. The van der Waals surface area contributed by atoms with Crippen molar-refractivity contribution in [1.82, 2.24) is 10.6 Å². The van der Waals surface area contributed by atoms with E-state index < -0.39 is 35.8 Å². The molecular weight excluding hydrogens is 484 g/mol. The van der Waals surface area contributed by atoms with Crippen LogP contribution in [-0.4, -0.2) is 49.1 Å². The molecule has 2 aromatic carbocycles. The first-order chi connectivity index (χ1) is 18.2. The third kappa shape index (κ3) is 10.7. The Morgan fingerprint density at radius 1 is 0.632 bits per heavy atom. The fourth-order valence-corrected chi connectivity index (χ4v) is 3.42. The first kappa shape index (κ1) is 30.5. The molecule has 0 spiro atoms. The molecule has 2 aromatic rings. The van der Waals surface area contributed by atoms with E-state index in [2.05, 4.69) is 10.6 Å². The topological polar surface area (TPSA) is 111 Å². The predicted molar refractivity (Wildman–Crippen MR) is 145 cm³/mol. The maximum Gasteiger partial charge on any atom is 0.329 e. The SMILES string of the molecule is CC[C@H](C)COC(=O)C(Cc1ccccc1)NC(=O)C(=O)NC(Cc1ccccc1)C(=O)OC[C@@H](C)CC. The first-order valence-corrected chi connectivity index (χ1v) is 13.3. The van der Waals surface area contributed by atoms with Gasteiger partial charge in [-0.3, -0.25) is 9.59 Å². The average Bonchev–Trinajstić information content (AvgIpc) is 2.94. The second-order valence-electron chi connectivity index (χ2n) is 9.72. The third-order valence-electron chi connectivity index (χ3n) is 6.37. The zero-order chi connectivity index (χ0) is 27.9. The summed E-state index contributed by atoms with van der Waals surface area (Å²) in [6, 6.07) is 16.2. The number of nitrogens with one attached hydrogen (secondary N) is 2. The number of carbonyl (C=O) groups excluding carboxylic acids is 4. The number of hydrogen-bond donors (Lipinski definition) is 2. The molecular formula is C30H40N2O6. The van der Waals surface area contributed by atoms with Gasteiger partial charge in [-0.25, -0.2) is 9.59 Å². The van der Waals surface area contributed by atoms with E-state index in [1.54, 1.807) is 0 Å². The lowest BCUT2D eigenvalue weighted by atomic mass is 10.1. The van der Waals surface area contributed by atoms with Crippen molar-refractivity contribution in [3.63, 3.8) is 0 Å². The first-order valence-electron chi connectivity index (χ1n) is 13.3. The molecule has 8 nitrogen and oxygen atoms in total. The van der Waals surface area contributed by atoms with E-state index >= 15 is 0 Å². The highest BCUT2D eigenvalue weighted by atomic mass is 16.5. The molecule has 0 fully saturated rings. The van der Waals surface area contributed by atoms with Crippen molar-refractivity contribution >= 4 is 23.8 Å². The van der Waals surface area contributed by atoms with Gasteiger partial charge in [-0.2, -0.15) is 0 Å².